The van der Waals surface area contributed by atoms with Crippen LogP contribution in [0.2, 0.25) is 0 Å². The Bertz CT molecular complexity index is 914. The van der Waals surface area contributed by atoms with Crippen LogP contribution in [-0.2, 0) is 6.54 Å². The lowest BCUT2D eigenvalue weighted by Crippen LogP contribution is -2.14. The van der Waals surface area contributed by atoms with Gasteiger partial charge in [0, 0.05) is 30.2 Å². The Morgan fingerprint density at radius 2 is 1.70 bits per heavy atom. The standard InChI is InChI=1S/C21H21N3O3/c1-26-19-9-8-17(13-20(19)27-2)24-21(25)18-12-16(10-11-22-18)23-14-15-6-4-3-5-7-15/h3-13H,14H2,1-2H3,(H,22,23)(H,24,25). The van der Waals surface area contributed by atoms with E-state index in [-0.39, 0.29) is 5.91 Å². The van der Waals surface area contributed by atoms with Gasteiger partial charge >= 0.3 is 0 Å². The Hall–Kier alpha value is -3.54. The van der Waals surface area contributed by atoms with E-state index in [0.717, 1.165) is 11.3 Å². The third-order valence-corrected chi connectivity index (χ3v) is 3.97. The third-order valence-electron chi connectivity index (χ3n) is 3.97. The summed E-state index contributed by atoms with van der Waals surface area (Å²) in [5, 5.41) is 6.12. The van der Waals surface area contributed by atoms with Gasteiger partial charge < -0.3 is 20.1 Å². The topological polar surface area (TPSA) is 72.5 Å². The lowest BCUT2D eigenvalue weighted by Gasteiger charge is -2.11. The normalized spacial score (nSPS) is 10.1. The zero-order valence-corrected chi connectivity index (χ0v) is 15.2. The minimum atomic E-state index is -0.300. The summed E-state index contributed by atoms with van der Waals surface area (Å²) >= 11 is 0. The number of rotatable bonds is 7. The molecule has 1 aromatic heterocycles. The van der Waals surface area contributed by atoms with Crippen molar-refractivity contribution in [3.63, 3.8) is 0 Å². The molecule has 3 rings (SSSR count). The molecule has 3 aromatic rings. The fourth-order valence-electron chi connectivity index (χ4n) is 2.57. The number of hydrogen-bond donors (Lipinski definition) is 2. The molecule has 0 bridgehead atoms. The second-order valence-electron chi connectivity index (χ2n) is 5.79. The van der Waals surface area contributed by atoms with Crippen LogP contribution in [0.15, 0.2) is 66.9 Å². The molecule has 2 N–H and O–H groups in total. The van der Waals surface area contributed by atoms with Crippen LogP contribution < -0.4 is 20.1 Å². The molecule has 0 radical (unpaired) electrons. The highest BCUT2D eigenvalue weighted by molar-refractivity contribution is 6.03. The number of nitrogens with zero attached hydrogens (tertiary/aromatic N) is 1. The summed E-state index contributed by atoms with van der Waals surface area (Å²) < 4.78 is 10.5. The first kappa shape index (κ1) is 18.3. The van der Waals surface area contributed by atoms with Crippen LogP contribution in [0.3, 0.4) is 0 Å². The molecular weight excluding hydrogens is 342 g/mol. The van der Waals surface area contributed by atoms with E-state index < -0.39 is 0 Å². The maximum Gasteiger partial charge on any atom is 0.274 e. The molecule has 27 heavy (non-hydrogen) atoms. The summed E-state index contributed by atoms with van der Waals surface area (Å²) in [6.07, 6.45) is 1.61. The van der Waals surface area contributed by atoms with Crippen molar-refractivity contribution in [1.29, 1.82) is 0 Å². The maximum atomic E-state index is 12.5. The van der Waals surface area contributed by atoms with E-state index in [0.29, 0.717) is 29.4 Å². The zero-order chi connectivity index (χ0) is 19.1. The summed E-state index contributed by atoms with van der Waals surface area (Å²) in [5.74, 6) is 0.841. The SMILES string of the molecule is COc1ccc(NC(=O)c2cc(NCc3ccccc3)ccn2)cc1OC. The number of nitrogens with one attached hydrogen (secondary N) is 2. The molecule has 0 spiro atoms. The van der Waals surface area contributed by atoms with Gasteiger partial charge in [0.15, 0.2) is 11.5 Å². The number of benzene rings is 2. The van der Waals surface area contributed by atoms with Gasteiger partial charge in [-0.15, -0.1) is 0 Å². The number of carbonyl (C=O) groups excluding carboxylic acids is 1. The van der Waals surface area contributed by atoms with E-state index in [1.165, 1.54) is 0 Å². The van der Waals surface area contributed by atoms with Gasteiger partial charge in [0.1, 0.15) is 5.69 Å². The molecule has 6 heteroatoms. The summed E-state index contributed by atoms with van der Waals surface area (Å²) in [6, 6.07) is 18.8. The number of methoxy groups -OCH3 is 2. The predicted molar refractivity (Wildman–Crippen MR) is 106 cm³/mol. The van der Waals surface area contributed by atoms with Gasteiger partial charge in [-0.05, 0) is 29.8 Å². The fraction of sp³-hybridized carbons (Fsp3) is 0.143. The largest absolute Gasteiger partial charge is 0.493 e. The van der Waals surface area contributed by atoms with E-state index >= 15 is 0 Å². The number of carbonyl (C=O) groups is 1. The van der Waals surface area contributed by atoms with Crippen LogP contribution in [0.5, 0.6) is 11.5 Å². The molecule has 2 aromatic carbocycles. The second-order valence-corrected chi connectivity index (χ2v) is 5.79. The average molecular weight is 363 g/mol. The highest BCUT2D eigenvalue weighted by Crippen LogP contribution is 2.29. The van der Waals surface area contributed by atoms with E-state index in [2.05, 4.69) is 15.6 Å². The molecule has 1 heterocycles. The number of amides is 1. The molecule has 0 aliphatic heterocycles. The number of hydrogen-bond acceptors (Lipinski definition) is 5. The van der Waals surface area contributed by atoms with Crippen molar-refractivity contribution >= 4 is 17.3 Å². The first-order valence-electron chi connectivity index (χ1n) is 8.47. The van der Waals surface area contributed by atoms with Gasteiger partial charge in [-0.3, -0.25) is 9.78 Å². The van der Waals surface area contributed by atoms with Crippen molar-refractivity contribution in [2.75, 3.05) is 24.9 Å². The Morgan fingerprint density at radius 3 is 2.44 bits per heavy atom. The Balaban J connectivity index is 1.68. The predicted octanol–water partition coefficient (Wildman–Crippen LogP) is 3.96. The summed E-state index contributed by atoms with van der Waals surface area (Å²) in [7, 11) is 3.11. The van der Waals surface area contributed by atoms with Gasteiger partial charge in [-0.1, -0.05) is 30.3 Å². The summed E-state index contributed by atoms with van der Waals surface area (Å²) in [6.45, 7) is 0.668. The highest BCUT2D eigenvalue weighted by atomic mass is 16.5. The number of ether oxygens (including phenoxy) is 2. The number of aromatic nitrogens is 1. The molecule has 1 amide bonds. The van der Waals surface area contributed by atoms with Crippen molar-refractivity contribution in [2.24, 2.45) is 0 Å². The van der Waals surface area contributed by atoms with Gasteiger partial charge in [-0.25, -0.2) is 0 Å². The first-order chi connectivity index (χ1) is 13.2. The molecular formula is C21H21N3O3. The molecule has 0 saturated heterocycles. The minimum absolute atomic E-state index is 0.300. The molecule has 0 saturated carbocycles. The Labute approximate surface area is 158 Å². The molecule has 0 aliphatic rings. The molecule has 6 nitrogen and oxygen atoms in total. The number of pyridine rings is 1. The lowest BCUT2D eigenvalue weighted by atomic mass is 10.2. The van der Waals surface area contributed by atoms with Crippen LogP contribution in [-0.4, -0.2) is 25.1 Å². The van der Waals surface area contributed by atoms with Crippen LogP contribution in [0.25, 0.3) is 0 Å². The minimum Gasteiger partial charge on any atom is -0.493 e. The highest BCUT2D eigenvalue weighted by Gasteiger charge is 2.11. The van der Waals surface area contributed by atoms with Crippen molar-refractivity contribution in [1.82, 2.24) is 4.98 Å². The zero-order valence-electron chi connectivity index (χ0n) is 15.2. The molecule has 0 fully saturated rings. The Morgan fingerprint density at radius 1 is 0.926 bits per heavy atom. The monoisotopic (exact) mass is 363 g/mol. The smallest absolute Gasteiger partial charge is 0.274 e. The second kappa shape index (κ2) is 8.71. The number of anilines is 2. The lowest BCUT2D eigenvalue weighted by molar-refractivity contribution is 0.102. The molecule has 0 unspecified atom stereocenters. The third kappa shape index (κ3) is 4.76. The quantitative estimate of drug-likeness (QED) is 0.665. The van der Waals surface area contributed by atoms with Crippen LogP contribution in [0.1, 0.15) is 16.1 Å². The fourth-order valence-corrected chi connectivity index (χ4v) is 2.57. The van der Waals surface area contributed by atoms with Crippen LogP contribution in [0, 0.1) is 0 Å². The van der Waals surface area contributed by atoms with E-state index in [1.807, 2.05) is 36.4 Å². The van der Waals surface area contributed by atoms with E-state index in [9.17, 15) is 4.79 Å². The van der Waals surface area contributed by atoms with Crippen molar-refractivity contribution < 1.29 is 14.3 Å². The molecule has 0 atom stereocenters. The van der Waals surface area contributed by atoms with Gasteiger partial charge in [0.2, 0.25) is 0 Å². The molecule has 138 valence electrons. The maximum absolute atomic E-state index is 12.5. The van der Waals surface area contributed by atoms with Crippen molar-refractivity contribution in [2.45, 2.75) is 6.54 Å². The first-order valence-corrected chi connectivity index (χ1v) is 8.47. The summed E-state index contributed by atoms with van der Waals surface area (Å²) in [5.41, 5.74) is 2.90. The van der Waals surface area contributed by atoms with Gasteiger partial charge in [0.25, 0.3) is 5.91 Å². The van der Waals surface area contributed by atoms with Crippen LogP contribution in [0.4, 0.5) is 11.4 Å². The van der Waals surface area contributed by atoms with E-state index in [1.54, 1.807) is 44.7 Å². The van der Waals surface area contributed by atoms with Crippen molar-refractivity contribution in [3.05, 3.63) is 78.1 Å². The van der Waals surface area contributed by atoms with Gasteiger partial charge in [0.05, 0.1) is 14.2 Å². The van der Waals surface area contributed by atoms with Crippen LogP contribution >= 0.6 is 0 Å². The average Bonchev–Trinajstić information content (AvgIpc) is 2.73. The van der Waals surface area contributed by atoms with E-state index in [4.69, 9.17) is 9.47 Å². The molecule has 0 aliphatic carbocycles. The Kier molecular flexibility index (Phi) is 5.89. The van der Waals surface area contributed by atoms with Crippen molar-refractivity contribution in [3.8, 4) is 11.5 Å². The van der Waals surface area contributed by atoms with Gasteiger partial charge in [-0.2, -0.15) is 0 Å². The summed E-state index contributed by atoms with van der Waals surface area (Å²) in [4.78, 5) is 16.7.